The van der Waals surface area contributed by atoms with Crippen molar-refractivity contribution in [1.82, 2.24) is 9.97 Å². The standard InChI is InChI=1S/C28H40N2O5/c1-4-5-6-7-8-9-10-11-12-13-18-32-23-16-14-22(15-17-23)26-29-19-24(20-30-26)34-27(31)25-21-33-28(2,3)35-25/h14-17,19-20,25H,4-13,18,21H2,1-3H3/t25-/m1/s1. The minimum atomic E-state index is -0.785. The summed E-state index contributed by atoms with van der Waals surface area (Å²) < 4.78 is 22.1. The van der Waals surface area contributed by atoms with Crippen molar-refractivity contribution in [3.05, 3.63) is 36.7 Å². The molecule has 3 rings (SSSR count). The summed E-state index contributed by atoms with van der Waals surface area (Å²) in [6, 6.07) is 7.73. The van der Waals surface area contributed by atoms with E-state index in [1.807, 2.05) is 24.3 Å². The number of hydrogen-bond donors (Lipinski definition) is 0. The molecule has 0 unspecified atom stereocenters. The normalized spacial score (nSPS) is 16.8. The highest BCUT2D eigenvalue weighted by atomic mass is 16.8. The molecule has 7 heteroatoms. The van der Waals surface area contributed by atoms with Gasteiger partial charge in [0.05, 0.1) is 25.6 Å². The van der Waals surface area contributed by atoms with Crippen molar-refractivity contribution in [3.63, 3.8) is 0 Å². The first-order valence-corrected chi connectivity index (χ1v) is 13.1. The van der Waals surface area contributed by atoms with Gasteiger partial charge in [-0.25, -0.2) is 14.8 Å². The second-order valence-electron chi connectivity index (χ2n) is 9.54. The van der Waals surface area contributed by atoms with Gasteiger partial charge in [0.1, 0.15) is 5.75 Å². The number of unbranched alkanes of at least 4 members (excludes halogenated alkanes) is 9. The van der Waals surface area contributed by atoms with Crippen LogP contribution in [0.3, 0.4) is 0 Å². The summed E-state index contributed by atoms with van der Waals surface area (Å²) in [7, 11) is 0. The number of hydrogen-bond acceptors (Lipinski definition) is 7. The Balaban J connectivity index is 1.32. The number of aromatic nitrogens is 2. The molecule has 0 radical (unpaired) electrons. The Morgan fingerprint density at radius 3 is 2.09 bits per heavy atom. The van der Waals surface area contributed by atoms with E-state index in [9.17, 15) is 4.79 Å². The molecule has 7 nitrogen and oxygen atoms in total. The van der Waals surface area contributed by atoms with Gasteiger partial charge in [-0.15, -0.1) is 0 Å². The van der Waals surface area contributed by atoms with Gasteiger partial charge in [-0.1, -0.05) is 64.7 Å². The van der Waals surface area contributed by atoms with Crippen molar-refractivity contribution in [2.45, 2.75) is 96.9 Å². The van der Waals surface area contributed by atoms with Gasteiger partial charge in [0, 0.05) is 5.56 Å². The van der Waals surface area contributed by atoms with E-state index in [0.29, 0.717) is 5.82 Å². The Labute approximate surface area is 209 Å². The molecule has 1 saturated heterocycles. The number of nitrogens with zero attached hydrogens (tertiary/aromatic N) is 2. The molecule has 1 aliphatic heterocycles. The molecule has 0 N–H and O–H groups in total. The highest BCUT2D eigenvalue weighted by molar-refractivity contribution is 5.77. The summed E-state index contributed by atoms with van der Waals surface area (Å²) in [4.78, 5) is 20.9. The second kappa shape index (κ2) is 14.1. The third kappa shape index (κ3) is 9.57. The van der Waals surface area contributed by atoms with Crippen LogP contribution >= 0.6 is 0 Å². The van der Waals surface area contributed by atoms with E-state index in [2.05, 4.69) is 16.9 Å². The molecule has 1 atom stereocenters. The summed E-state index contributed by atoms with van der Waals surface area (Å²) in [5.41, 5.74) is 0.864. The first kappa shape index (κ1) is 27.1. The molecule has 0 saturated carbocycles. The van der Waals surface area contributed by atoms with Crippen molar-refractivity contribution in [2.75, 3.05) is 13.2 Å². The molecule has 0 spiro atoms. The fraction of sp³-hybridized carbons (Fsp3) is 0.607. The fourth-order valence-corrected chi connectivity index (χ4v) is 3.98. The number of ether oxygens (including phenoxy) is 4. The minimum Gasteiger partial charge on any atom is -0.494 e. The third-order valence-electron chi connectivity index (χ3n) is 6.00. The van der Waals surface area contributed by atoms with Crippen LogP contribution in [0.5, 0.6) is 11.5 Å². The zero-order valence-corrected chi connectivity index (χ0v) is 21.5. The number of rotatable bonds is 15. The van der Waals surface area contributed by atoms with E-state index in [-0.39, 0.29) is 12.4 Å². The van der Waals surface area contributed by atoms with Crippen LogP contribution in [-0.4, -0.2) is 41.0 Å². The smallest absolute Gasteiger partial charge is 0.343 e. The fourth-order valence-electron chi connectivity index (χ4n) is 3.98. The van der Waals surface area contributed by atoms with Crippen LogP contribution < -0.4 is 9.47 Å². The summed E-state index contributed by atoms with van der Waals surface area (Å²) in [6.45, 7) is 6.67. The molecule has 1 fully saturated rings. The Morgan fingerprint density at radius 1 is 0.914 bits per heavy atom. The Hall–Kier alpha value is -2.51. The molecule has 2 heterocycles. The predicted octanol–water partition coefficient (Wildman–Crippen LogP) is 6.50. The van der Waals surface area contributed by atoms with Crippen molar-refractivity contribution in [3.8, 4) is 22.9 Å². The lowest BCUT2D eigenvalue weighted by Crippen LogP contribution is -2.30. The van der Waals surface area contributed by atoms with Gasteiger partial charge in [0.25, 0.3) is 0 Å². The Kier molecular flexibility index (Phi) is 10.9. The van der Waals surface area contributed by atoms with Crippen molar-refractivity contribution in [2.24, 2.45) is 0 Å². The molecule has 1 aromatic heterocycles. The molecule has 0 aliphatic carbocycles. The highest BCUT2D eigenvalue weighted by Gasteiger charge is 2.38. The average Bonchev–Trinajstić information content (AvgIpc) is 3.23. The van der Waals surface area contributed by atoms with Gasteiger partial charge in [-0.3, -0.25) is 0 Å². The van der Waals surface area contributed by atoms with Crippen LogP contribution in [0.25, 0.3) is 11.4 Å². The van der Waals surface area contributed by atoms with Gasteiger partial charge < -0.3 is 18.9 Å². The van der Waals surface area contributed by atoms with Crippen LogP contribution in [0, 0.1) is 0 Å². The highest BCUT2D eigenvalue weighted by Crippen LogP contribution is 2.24. The van der Waals surface area contributed by atoms with Gasteiger partial charge in [0.2, 0.25) is 0 Å². The topological polar surface area (TPSA) is 79.8 Å². The maximum atomic E-state index is 12.2. The van der Waals surface area contributed by atoms with Crippen molar-refractivity contribution in [1.29, 1.82) is 0 Å². The van der Waals surface area contributed by atoms with Gasteiger partial charge in [0.15, 0.2) is 23.5 Å². The largest absolute Gasteiger partial charge is 0.494 e. The molecule has 192 valence electrons. The summed E-state index contributed by atoms with van der Waals surface area (Å²) in [5, 5.41) is 0. The minimum absolute atomic E-state index is 0.165. The van der Waals surface area contributed by atoms with Gasteiger partial charge >= 0.3 is 5.97 Å². The first-order chi connectivity index (χ1) is 17.0. The molecular formula is C28H40N2O5. The average molecular weight is 485 g/mol. The molecular weight excluding hydrogens is 444 g/mol. The monoisotopic (exact) mass is 484 g/mol. The Morgan fingerprint density at radius 2 is 1.51 bits per heavy atom. The molecule has 1 aliphatic rings. The molecule has 0 amide bonds. The van der Waals surface area contributed by atoms with E-state index >= 15 is 0 Å². The van der Waals surface area contributed by atoms with E-state index in [1.165, 1.54) is 70.2 Å². The van der Waals surface area contributed by atoms with Crippen LogP contribution in [0.2, 0.25) is 0 Å². The van der Waals surface area contributed by atoms with Crippen LogP contribution in [0.1, 0.15) is 85.0 Å². The lowest BCUT2D eigenvalue weighted by molar-refractivity contribution is -0.162. The summed E-state index contributed by atoms with van der Waals surface area (Å²) in [5.74, 6) is 0.358. The van der Waals surface area contributed by atoms with E-state index in [4.69, 9.17) is 18.9 Å². The SMILES string of the molecule is CCCCCCCCCCCCOc1ccc(-c2ncc(OC(=O)[C@H]3COC(C)(C)O3)cn2)cc1. The summed E-state index contributed by atoms with van der Waals surface area (Å²) in [6.07, 6.45) is 15.3. The number of esters is 1. The van der Waals surface area contributed by atoms with Crippen LogP contribution in [0.4, 0.5) is 0 Å². The molecule has 0 bridgehead atoms. The third-order valence-corrected chi connectivity index (χ3v) is 6.00. The lowest BCUT2D eigenvalue weighted by Gasteiger charge is -2.16. The predicted molar refractivity (Wildman–Crippen MR) is 135 cm³/mol. The summed E-state index contributed by atoms with van der Waals surface area (Å²) >= 11 is 0. The molecule has 35 heavy (non-hydrogen) atoms. The quantitative estimate of drug-likeness (QED) is 0.211. The van der Waals surface area contributed by atoms with Gasteiger partial charge in [-0.2, -0.15) is 0 Å². The van der Waals surface area contributed by atoms with E-state index in [0.717, 1.165) is 24.3 Å². The molecule has 2 aromatic rings. The zero-order valence-electron chi connectivity index (χ0n) is 21.5. The maximum absolute atomic E-state index is 12.2. The maximum Gasteiger partial charge on any atom is 0.343 e. The first-order valence-electron chi connectivity index (χ1n) is 13.1. The molecule has 1 aromatic carbocycles. The Bertz CT molecular complexity index is 883. The van der Waals surface area contributed by atoms with Crippen LogP contribution in [0.15, 0.2) is 36.7 Å². The number of carbonyl (C=O) groups excluding carboxylic acids is 1. The van der Waals surface area contributed by atoms with E-state index in [1.54, 1.807) is 13.8 Å². The lowest BCUT2D eigenvalue weighted by atomic mass is 10.1. The van der Waals surface area contributed by atoms with Crippen molar-refractivity contribution < 1.29 is 23.7 Å². The second-order valence-corrected chi connectivity index (χ2v) is 9.54. The van der Waals surface area contributed by atoms with E-state index < -0.39 is 17.9 Å². The van der Waals surface area contributed by atoms with Crippen LogP contribution in [-0.2, 0) is 14.3 Å². The zero-order chi connectivity index (χ0) is 24.9. The van der Waals surface area contributed by atoms with Gasteiger partial charge in [-0.05, 0) is 44.5 Å². The number of carbonyl (C=O) groups is 1. The number of benzene rings is 1. The van der Waals surface area contributed by atoms with Crippen molar-refractivity contribution >= 4 is 5.97 Å².